The van der Waals surface area contributed by atoms with E-state index in [0.29, 0.717) is 12.0 Å². The Morgan fingerprint density at radius 2 is 2.28 bits per heavy atom. The van der Waals surface area contributed by atoms with Crippen molar-refractivity contribution in [3.63, 3.8) is 0 Å². The molecule has 0 saturated heterocycles. The number of nitro benzene ring substituents is 1. The molecule has 0 unspecified atom stereocenters. The molecule has 0 heterocycles. The molecular formula is C12H14N2O4. The Hall–Kier alpha value is -2.21. The number of nitrogens with zero attached hydrogens (tertiary/aromatic N) is 1. The minimum Gasteiger partial charge on any atom is -0.396 e. The minimum absolute atomic E-state index is 0.0303. The number of carbonyl (C=O) groups is 1. The number of rotatable bonds is 5. The molecule has 0 aliphatic rings. The first-order valence-corrected chi connectivity index (χ1v) is 5.38. The lowest BCUT2D eigenvalue weighted by atomic mass is 10.1. The fourth-order valence-corrected chi connectivity index (χ4v) is 1.39. The van der Waals surface area contributed by atoms with Gasteiger partial charge in [-0.2, -0.15) is 0 Å². The van der Waals surface area contributed by atoms with Crippen molar-refractivity contribution in [2.24, 2.45) is 0 Å². The number of amides is 1. The van der Waals surface area contributed by atoms with E-state index in [-0.39, 0.29) is 23.9 Å². The van der Waals surface area contributed by atoms with E-state index in [1.807, 2.05) is 0 Å². The largest absolute Gasteiger partial charge is 0.396 e. The summed E-state index contributed by atoms with van der Waals surface area (Å²) in [5, 5.41) is 21.9. The molecule has 0 fully saturated rings. The van der Waals surface area contributed by atoms with Crippen LogP contribution in [0, 0.1) is 10.1 Å². The van der Waals surface area contributed by atoms with Crippen molar-refractivity contribution in [1.29, 1.82) is 0 Å². The van der Waals surface area contributed by atoms with E-state index in [0.717, 1.165) is 0 Å². The van der Waals surface area contributed by atoms with Crippen LogP contribution >= 0.6 is 0 Å². The summed E-state index contributed by atoms with van der Waals surface area (Å²) >= 11 is 0. The molecule has 1 aromatic carbocycles. The van der Waals surface area contributed by atoms with Gasteiger partial charge in [-0.25, -0.2) is 0 Å². The standard InChI is InChI=1S/C12H14N2O4/c1-9(16)13-11-6-5-10(4-2-3-7-15)8-12(11)14(17)18/h2,4-6,8,15H,3,7H2,1H3,(H,13,16). The molecule has 0 saturated carbocycles. The van der Waals surface area contributed by atoms with Crippen LogP contribution in [0.5, 0.6) is 0 Å². The van der Waals surface area contributed by atoms with E-state index in [4.69, 9.17) is 5.11 Å². The van der Waals surface area contributed by atoms with Crippen LogP contribution in [0.4, 0.5) is 11.4 Å². The third kappa shape index (κ3) is 3.99. The van der Waals surface area contributed by atoms with Gasteiger partial charge in [-0.1, -0.05) is 18.2 Å². The zero-order valence-corrected chi connectivity index (χ0v) is 9.92. The third-order valence-electron chi connectivity index (χ3n) is 2.14. The molecule has 6 heteroatoms. The Balaban J connectivity index is 3.03. The summed E-state index contributed by atoms with van der Waals surface area (Å²) in [4.78, 5) is 21.2. The summed E-state index contributed by atoms with van der Waals surface area (Å²) in [6.07, 6.45) is 3.89. The molecule has 1 amide bonds. The molecule has 0 radical (unpaired) electrons. The van der Waals surface area contributed by atoms with Gasteiger partial charge < -0.3 is 10.4 Å². The average molecular weight is 250 g/mol. The minimum atomic E-state index is -0.547. The molecule has 6 nitrogen and oxygen atoms in total. The number of carbonyl (C=O) groups excluding carboxylic acids is 1. The molecule has 18 heavy (non-hydrogen) atoms. The first kappa shape index (κ1) is 13.9. The number of benzene rings is 1. The van der Waals surface area contributed by atoms with Crippen LogP contribution in [-0.4, -0.2) is 22.5 Å². The van der Waals surface area contributed by atoms with E-state index in [9.17, 15) is 14.9 Å². The molecule has 0 spiro atoms. The summed E-state index contributed by atoms with van der Waals surface area (Å²) in [7, 11) is 0. The highest BCUT2D eigenvalue weighted by atomic mass is 16.6. The number of aliphatic hydroxyl groups excluding tert-OH is 1. The van der Waals surface area contributed by atoms with Crippen molar-refractivity contribution in [2.45, 2.75) is 13.3 Å². The summed E-state index contributed by atoms with van der Waals surface area (Å²) in [5.74, 6) is -0.360. The molecule has 0 aliphatic carbocycles. The first-order chi connectivity index (χ1) is 8.54. The van der Waals surface area contributed by atoms with Gasteiger partial charge in [0.25, 0.3) is 5.69 Å². The number of hydrogen-bond acceptors (Lipinski definition) is 4. The Kier molecular flexibility index (Phi) is 5.01. The van der Waals surface area contributed by atoms with Gasteiger partial charge in [0, 0.05) is 19.6 Å². The van der Waals surface area contributed by atoms with Crippen molar-refractivity contribution in [2.75, 3.05) is 11.9 Å². The highest BCUT2D eigenvalue weighted by molar-refractivity contribution is 5.91. The molecule has 96 valence electrons. The summed E-state index contributed by atoms with van der Waals surface area (Å²) in [5.41, 5.74) is 0.660. The maximum Gasteiger partial charge on any atom is 0.293 e. The third-order valence-corrected chi connectivity index (χ3v) is 2.14. The fourth-order valence-electron chi connectivity index (χ4n) is 1.39. The van der Waals surface area contributed by atoms with Crippen molar-refractivity contribution >= 4 is 23.4 Å². The fraction of sp³-hybridized carbons (Fsp3) is 0.250. The Bertz CT molecular complexity index is 483. The lowest BCUT2D eigenvalue weighted by Gasteiger charge is -2.04. The van der Waals surface area contributed by atoms with E-state index in [1.165, 1.54) is 19.1 Å². The normalized spacial score (nSPS) is 10.6. The van der Waals surface area contributed by atoms with Gasteiger partial charge in [0.05, 0.1) is 4.92 Å². The lowest BCUT2D eigenvalue weighted by molar-refractivity contribution is -0.383. The molecule has 0 bridgehead atoms. The predicted octanol–water partition coefficient (Wildman–Crippen LogP) is 1.95. The summed E-state index contributed by atoms with van der Waals surface area (Å²) in [6.45, 7) is 1.32. The van der Waals surface area contributed by atoms with Crippen LogP contribution in [0.3, 0.4) is 0 Å². The van der Waals surface area contributed by atoms with Gasteiger partial charge in [-0.15, -0.1) is 0 Å². The highest BCUT2D eigenvalue weighted by Crippen LogP contribution is 2.26. The maximum absolute atomic E-state index is 10.9. The molecule has 0 aliphatic heterocycles. The van der Waals surface area contributed by atoms with Crippen LogP contribution in [0.2, 0.25) is 0 Å². The second kappa shape index (κ2) is 6.51. The van der Waals surface area contributed by atoms with Gasteiger partial charge >= 0.3 is 0 Å². The number of nitro groups is 1. The predicted molar refractivity (Wildman–Crippen MR) is 68.1 cm³/mol. The molecular weight excluding hydrogens is 236 g/mol. The summed E-state index contributed by atoms with van der Waals surface area (Å²) in [6, 6.07) is 4.52. The van der Waals surface area contributed by atoms with Crippen LogP contribution in [0.1, 0.15) is 18.9 Å². The van der Waals surface area contributed by atoms with E-state index in [1.54, 1.807) is 18.2 Å². The molecule has 2 N–H and O–H groups in total. The molecule has 0 aromatic heterocycles. The van der Waals surface area contributed by atoms with Crippen molar-refractivity contribution in [1.82, 2.24) is 0 Å². The highest BCUT2D eigenvalue weighted by Gasteiger charge is 2.14. The van der Waals surface area contributed by atoms with Crippen molar-refractivity contribution in [3.05, 3.63) is 40.0 Å². The Labute approximate surface area is 104 Å². The number of hydrogen-bond donors (Lipinski definition) is 2. The maximum atomic E-state index is 10.9. The van der Waals surface area contributed by atoms with Gasteiger partial charge in [0.15, 0.2) is 0 Å². The van der Waals surface area contributed by atoms with Crippen LogP contribution in [-0.2, 0) is 4.79 Å². The van der Waals surface area contributed by atoms with Gasteiger partial charge in [0.1, 0.15) is 5.69 Å². The topological polar surface area (TPSA) is 92.5 Å². The number of aliphatic hydroxyl groups is 1. The Morgan fingerprint density at radius 1 is 1.56 bits per heavy atom. The molecule has 0 atom stereocenters. The Morgan fingerprint density at radius 3 is 2.83 bits per heavy atom. The van der Waals surface area contributed by atoms with E-state index in [2.05, 4.69) is 5.32 Å². The van der Waals surface area contributed by atoms with Crippen LogP contribution in [0.25, 0.3) is 6.08 Å². The second-order valence-electron chi connectivity index (χ2n) is 3.63. The smallest absolute Gasteiger partial charge is 0.293 e. The second-order valence-corrected chi connectivity index (χ2v) is 3.63. The van der Waals surface area contributed by atoms with Gasteiger partial charge in [-0.05, 0) is 18.1 Å². The van der Waals surface area contributed by atoms with E-state index < -0.39 is 4.92 Å². The summed E-state index contributed by atoms with van der Waals surface area (Å²) < 4.78 is 0. The van der Waals surface area contributed by atoms with Crippen molar-refractivity contribution in [3.8, 4) is 0 Å². The SMILES string of the molecule is CC(=O)Nc1ccc(C=CCCO)cc1[N+](=O)[O-]. The van der Waals surface area contributed by atoms with Gasteiger partial charge in [-0.3, -0.25) is 14.9 Å². The van der Waals surface area contributed by atoms with Crippen LogP contribution in [0.15, 0.2) is 24.3 Å². The average Bonchev–Trinajstić information content (AvgIpc) is 2.30. The number of nitrogens with one attached hydrogen (secondary N) is 1. The zero-order valence-electron chi connectivity index (χ0n) is 9.92. The van der Waals surface area contributed by atoms with E-state index >= 15 is 0 Å². The van der Waals surface area contributed by atoms with Crippen LogP contribution < -0.4 is 5.32 Å². The lowest BCUT2D eigenvalue weighted by Crippen LogP contribution is -2.08. The molecule has 1 aromatic rings. The zero-order chi connectivity index (χ0) is 13.5. The monoisotopic (exact) mass is 250 g/mol. The first-order valence-electron chi connectivity index (χ1n) is 5.38. The van der Waals surface area contributed by atoms with Crippen molar-refractivity contribution < 1.29 is 14.8 Å². The van der Waals surface area contributed by atoms with Gasteiger partial charge in [0.2, 0.25) is 5.91 Å². The number of anilines is 1. The molecule has 1 rings (SSSR count). The quantitative estimate of drug-likeness (QED) is 0.617.